The predicted octanol–water partition coefficient (Wildman–Crippen LogP) is 3.82. The highest BCUT2D eigenvalue weighted by Crippen LogP contribution is 2.53. The van der Waals surface area contributed by atoms with Crippen molar-refractivity contribution in [2.75, 3.05) is 13.2 Å². The quantitative estimate of drug-likeness (QED) is 0.0572. The van der Waals surface area contributed by atoms with Crippen molar-refractivity contribution >= 4 is 30.0 Å². The fourth-order valence-corrected chi connectivity index (χ4v) is 5.69. The summed E-state index contributed by atoms with van der Waals surface area (Å²) in [5.74, 6) is -10.1. The van der Waals surface area contributed by atoms with Crippen LogP contribution in [0.3, 0.4) is 0 Å². The van der Waals surface area contributed by atoms with Crippen molar-refractivity contribution in [1.82, 2.24) is 0 Å². The molecule has 9 N–H and O–H groups in total. The second-order valence-corrected chi connectivity index (χ2v) is 11.4. The number of carboxylic acids is 2. The van der Waals surface area contributed by atoms with Gasteiger partial charge in [-0.2, -0.15) is 0 Å². The molecule has 0 aromatic heterocycles. The van der Waals surface area contributed by atoms with Crippen LogP contribution in [-0.4, -0.2) is 83.0 Å². The Hall–Kier alpha value is -7.10. The van der Waals surface area contributed by atoms with Crippen molar-refractivity contribution in [3.8, 4) is 46.0 Å². The number of aromatic carboxylic acids is 2. The SMILES string of the molecule is O=C(/C=C/c1ccc(O)c2c1O[C@@H](c1ccc(O)c(O)c1)C2C(=O)OCCc1c(C(=O)O)ccc(O)c1O)OCCc1c(C(=O)O)ccc(O)c1O. The van der Waals surface area contributed by atoms with Crippen LogP contribution in [0.5, 0.6) is 46.0 Å². The van der Waals surface area contributed by atoms with Gasteiger partial charge in [0.2, 0.25) is 0 Å². The molecule has 0 spiro atoms. The summed E-state index contributed by atoms with van der Waals surface area (Å²) in [6.45, 7) is -0.880. The lowest BCUT2D eigenvalue weighted by Gasteiger charge is -2.19. The van der Waals surface area contributed by atoms with Gasteiger partial charge in [-0.15, -0.1) is 0 Å². The van der Waals surface area contributed by atoms with E-state index in [2.05, 4.69) is 0 Å². The summed E-state index contributed by atoms with van der Waals surface area (Å²) in [5, 5.41) is 89.8. The first-order chi connectivity index (χ1) is 24.7. The van der Waals surface area contributed by atoms with Crippen LogP contribution in [0.4, 0.5) is 0 Å². The molecule has 0 bridgehead atoms. The van der Waals surface area contributed by atoms with Gasteiger partial charge < -0.3 is 60.2 Å². The van der Waals surface area contributed by atoms with E-state index in [0.717, 1.165) is 42.5 Å². The van der Waals surface area contributed by atoms with Crippen LogP contribution in [0.25, 0.3) is 6.08 Å². The highest BCUT2D eigenvalue weighted by Gasteiger charge is 2.45. The van der Waals surface area contributed by atoms with Crippen LogP contribution in [-0.2, 0) is 31.9 Å². The first-order valence-electron chi connectivity index (χ1n) is 15.3. The molecule has 5 rings (SSSR count). The standard InChI is InChI=1S/C36H30O16/c37-22-6-2-17(15-26(22)41)33-29(36(49)51-14-12-19-21(35(47)48)5-9-25(40)31(19)44)28-23(38)7-1-16(32(28)52-33)3-10-27(42)50-13-11-18-20(34(45)46)4-8-24(39)30(18)43/h1-10,15,29,33,37-41,43-44H,11-14H2,(H,45,46)(H,47,48)/b10-3+/t29?,33-/m0/s1. The second kappa shape index (κ2) is 14.8. The summed E-state index contributed by atoms with van der Waals surface area (Å²) in [6, 6.07) is 10.3. The molecular weight excluding hydrogens is 688 g/mol. The fraction of sp³-hybridized carbons (Fsp3) is 0.167. The molecule has 1 aliphatic heterocycles. The van der Waals surface area contributed by atoms with Crippen molar-refractivity contribution in [2.45, 2.75) is 24.9 Å². The van der Waals surface area contributed by atoms with Crippen LogP contribution in [0.15, 0.2) is 60.7 Å². The van der Waals surface area contributed by atoms with Crippen molar-refractivity contribution < 1.29 is 79.3 Å². The van der Waals surface area contributed by atoms with Gasteiger partial charge in [-0.25, -0.2) is 14.4 Å². The smallest absolute Gasteiger partial charge is 0.336 e. The normalized spacial score (nSPS) is 14.8. The summed E-state index contributed by atoms with van der Waals surface area (Å²) in [5.41, 5.74) is -0.741. The van der Waals surface area contributed by atoms with E-state index in [0.29, 0.717) is 0 Å². The van der Waals surface area contributed by atoms with Crippen LogP contribution in [0, 0.1) is 0 Å². The molecule has 0 saturated carbocycles. The minimum absolute atomic E-state index is 0.0712. The van der Waals surface area contributed by atoms with Gasteiger partial charge in [0, 0.05) is 35.6 Å². The maximum atomic E-state index is 13.7. The number of carbonyl (C=O) groups is 4. The highest BCUT2D eigenvalue weighted by atomic mass is 16.5. The molecule has 0 fully saturated rings. The summed E-state index contributed by atoms with van der Waals surface area (Å²) < 4.78 is 16.7. The lowest BCUT2D eigenvalue weighted by atomic mass is 9.89. The Labute approximate surface area is 292 Å². The van der Waals surface area contributed by atoms with E-state index in [1.165, 1.54) is 24.3 Å². The number of hydrogen-bond donors (Lipinski definition) is 9. The monoisotopic (exact) mass is 718 g/mol. The number of benzene rings is 4. The number of esters is 2. The predicted molar refractivity (Wildman–Crippen MR) is 176 cm³/mol. The number of phenols is 7. The second-order valence-electron chi connectivity index (χ2n) is 11.4. The summed E-state index contributed by atoms with van der Waals surface area (Å²) in [4.78, 5) is 49.4. The molecule has 52 heavy (non-hydrogen) atoms. The van der Waals surface area contributed by atoms with E-state index in [1.54, 1.807) is 0 Å². The maximum absolute atomic E-state index is 13.7. The average molecular weight is 719 g/mol. The third kappa shape index (κ3) is 7.25. The van der Waals surface area contributed by atoms with Gasteiger partial charge in [0.15, 0.2) is 34.5 Å². The van der Waals surface area contributed by atoms with Gasteiger partial charge in [0.05, 0.1) is 29.9 Å². The molecule has 4 aromatic rings. The third-order valence-corrected chi connectivity index (χ3v) is 8.22. The maximum Gasteiger partial charge on any atom is 0.336 e. The Morgan fingerprint density at radius 1 is 0.654 bits per heavy atom. The lowest BCUT2D eigenvalue weighted by Crippen LogP contribution is -2.22. The van der Waals surface area contributed by atoms with Gasteiger partial charge in [0.1, 0.15) is 23.5 Å². The number of carbonyl (C=O) groups excluding carboxylic acids is 2. The van der Waals surface area contributed by atoms with Crippen LogP contribution < -0.4 is 4.74 Å². The van der Waals surface area contributed by atoms with Gasteiger partial charge in [-0.3, -0.25) is 4.79 Å². The minimum Gasteiger partial charge on any atom is -0.507 e. The van der Waals surface area contributed by atoms with Crippen molar-refractivity contribution in [3.63, 3.8) is 0 Å². The van der Waals surface area contributed by atoms with Gasteiger partial charge in [0.25, 0.3) is 0 Å². The Bertz CT molecular complexity index is 2120. The van der Waals surface area contributed by atoms with E-state index < -0.39 is 82.8 Å². The zero-order valence-electron chi connectivity index (χ0n) is 26.7. The molecule has 1 heterocycles. The Morgan fingerprint density at radius 2 is 1.19 bits per heavy atom. The van der Waals surface area contributed by atoms with E-state index in [4.69, 9.17) is 14.2 Å². The number of carboxylic acid groups (broad SMARTS) is 2. The van der Waals surface area contributed by atoms with E-state index in [-0.39, 0.29) is 64.1 Å². The molecule has 0 aliphatic carbocycles. The van der Waals surface area contributed by atoms with Crippen molar-refractivity contribution in [3.05, 3.63) is 99.6 Å². The first kappa shape index (κ1) is 36.2. The lowest BCUT2D eigenvalue weighted by molar-refractivity contribution is -0.147. The summed E-state index contributed by atoms with van der Waals surface area (Å²) in [6.07, 6.45) is 0.353. The summed E-state index contributed by atoms with van der Waals surface area (Å²) >= 11 is 0. The molecular formula is C36H30O16. The fourth-order valence-electron chi connectivity index (χ4n) is 5.69. The zero-order valence-corrected chi connectivity index (χ0v) is 26.7. The van der Waals surface area contributed by atoms with E-state index in [1.807, 2.05) is 0 Å². The van der Waals surface area contributed by atoms with E-state index in [9.17, 15) is 65.1 Å². The third-order valence-electron chi connectivity index (χ3n) is 8.22. The largest absolute Gasteiger partial charge is 0.507 e. The van der Waals surface area contributed by atoms with Gasteiger partial charge in [-0.05, 0) is 60.2 Å². The van der Waals surface area contributed by atoms with Crippen LogP contribution in [0.1, 0.15) is 60.6 Å². The first-order valence-corrected chi connectivity index (χ1v) is 15.3. The topological polar surface area (TPSA) is 278 Å². The number of aromatic hydroxyl groups is 7. The number of fused-ring (bicyclic) bond motifs is 1. The molecule has 4 aromatic carbocycles. The van der Waals surface area contributed by atoms with Gasteiger partial charge in [-0.1, -0.05) is 6.07 Å². The Morgan fingerprint density at radius 3 is 1.75 bits per heavy atom. The number of ether oxygens (including phenoxy) is 3. The average Bonchev–Trinajstić information content (AvgIpc) is 3.51. The molecule has 0 amide bonds. The molecule has 2 atom stereocenters. The number of hydrogen-bond acceptors (Lipinski definition) is 14. The molecule has 1 unspecified atom stereocenters. The van der Waals surface area contributed by atoms with Crippen LogP contribution >= 0.6 is 0 Å². The number of phenolic OH excluding ortho intramolecular Hbond substituents is 7. The molecule has 1 aliphatic rings. The molecule has 270 valence electrons. The zero-order chi connectivity index (χ0) is 37.9. The van der Waals surface area contributed by atoms with Crippen molar-refractivity contribution in [2.24, 2.45) is 0 Å². The molecule has 0 radical (unpaired) electrons. The Kier molecular flexibility index (Phi) is 10.3. The molecule has 0 saturated heterocycles. The molecule has 16 heteroatoms. The highest BCUT2D eigenvalue weighted by molar-refractivity contribution is 5.92. The van der Waals surface area contributed by atoms with Crippen molar-refractivity contribution in [1.29, 1.82) is 0 Å². The Balaban J connectivity index is 1.38. The molecule has 16 nitrogen and oxygen atoms in total. The van der Waals surface area contributed by atoms with Gasteiger partial charge >= 0.3 is 23.9 Å². The number of rotatable bonds is 12. The minimum atomic E-state index is -1.42. The van der Waals surface area contributed by atoms with Crippen LogP contribution in [0.2, 0.25) is 0 Å². The summed E-state index contributed by atoms with van der Waals surface area (Å²) in [7, 11) is 0. The van der Waals surface area contributed by atoms with E-state index >= 15 is 0 Å².